The summed E-state index contributed by atoms with van der Waals surface area (Å²) < 4.78 is 0. The van der Waals surface area contributed by atoms with Crippen LogP contribution in [0, 0.1) is 12.8 Å². The Balaban J connectivity index is 2.28. The van der Waals surface area contributed by atoms with E-state index in [9.17, 15) is 4.79 Å². The maximum Gasteiger partial charge on any atom is 0.270 e. The summed E-state index contributed by atoms with van der Waals surface area (Å²) in [7, 11) is 0. The number of carbonyl (C=O) groups excluding carboxylic acids is 1. The van der Waals surface area contributed by atoms with E-state index in [-0.39, 0.29) is 11.3 Å². The summed E-state index contributed by atoms with van der Waals surface area (Å²) in [6.45, 7) is 13.1. The largest absolute Gasteiger partial charge is 0.350 e. The highest BCUT2D eigenvalue weighted by atomic mass is 16.1. The van der Waals surface area contributed by atoms with Crippen molar-refractivity contribution in [3.8, 4) is 0 Å². The number of rotatable bonds is 5. The summed E-state index contributed by atoms with van der Waals surface area (Å²) in [5.74, 6) is 0.654. The summed E-state index contributed by atoms with van der Waals surface area (Å²) in [6, 6.07) is 9.80. The van der Waals surface area contributed by atoms with Gasteiger partial charge in [-0.3, -0.25) is 4.79 Å². The van der Waals surface area contributed by atoms with E-state index in [1.165, 1.54) is 5.56 Å². The molecule has 5 nitrogen and oxygen atoms in total. The standard InChI is InChI=1S/C20H28N4O/c1-13(2)12-21-18(25)17-11-14(3)22-19(24-17)23-16-10-8-7-9-15(16)20(4,5)6/h7-11,13H,12H2,1-6H3,(H,21,25)(H,22,23,24). The van der Waals surface area contributed by atoms with Gasteiger partial charge in [-0.15, -0.1) is 0 Å². The molecule has 134 valence electrons. The molecule has 5 heteroatoms. The van der Waals surface area contributed by atoms with Crippen molar-refractivity contribution in [3.05, 3.63) is 47.3 Å². The Morgan fingerprint density at radius 3 is 2.48 bits per heavy atom. The number of amides is 1. The van der Waals surface area contributed by atoms with E-state index in [4.69, 9.17) is 0 Å². The van der Waals surface area contributed by atoms with Gasteiger partial charge in [0.1, 0.15) is 5.69 Å². The quantitative estimate of drug-likeness (QED) is 0.855. The monoisotopic (exact) mass is 340 g/mol. The third kappa shape index (κ3) is 5.28. The molecular formula is C20H28N4O. The van der Waals surface area contributed by atoms with E-state index < -0.39 is 0 Å². The smallest absolute Gasteiger partial charge is 0.270 e. The summed E-state index contributed by atoms with van der Waals surface area (Å²) in [6.07, 6.45) is 0. The van der Waals surface area contributed by atoms with Crippen LogP contribution in [0.2, 0.25) is 0 Å². The van der Waals surface area contributed by atoms with Crippen molar-refractivity contribution in [1.82, 2.24) is 15.3 Å². The zero-order valence-corrected chi connectivity index (χ0v) is 16.0. The fourth-order valence-electron chi connectivity index (χ4n) is 2.49. The van der Waals surface area contributed by atoms with Crippen molar-refractivity contribution in [1.29, 1.82) is 0 Å². The minimum atomic E-state index is -0.175. The fourth-order valence-corrected chi connectivity index (χ4v) is 2.49. The number of hydrogen-bond donors (Lipinski definition) is 2. The Morgan fingerprint density at radius 2 is 1.84 bits per heavy atom. The van der Waals surface area contributed by atoms with Gasteiger partial charge < -0.3 is 10.6 Å². The number of aromatic nitrogens is 2. The molecule has 0 unspecified atom stereocenters. The second-order valence-corrected chi connectivity index (χ2v) is 7.74. The minimum Gasteiger partial charge on any atom is -0.350 e. The van der Waals surface area contributed by atoms with Gasteiger partial charge in [0.2, 0.25) is 5.95 Å². The maximum absolute atomic E-state index is 12.3. The van der Waals surface area contributed by atoms with Gasteiger partial charge in [-0.2, -0.15) is 0 Å². The number of nitrogens with zero attached hydrogens (tertiary/aromatic N) is 2. The molecule has 1 aromatic carbocycles. The highest BCUT2D eigenvalue weighted by Gasteiger charge is 2.18. The first-order valence-corrected chi connectivity index (χ1v) is 8.67. The van der Waals surface area contributed by atoms with E-state index in [1.807, 2.05) is 25.1 Å². The van der Waals surface area contributed by atoms with Crippen LogP contribution in [0.3, 0.4) is 0 Å². The summed E-state index contributed by atoms with van der Waals surface area (Å²) in [5.41, 5.74) is 3.25. The van der Waals surface area contributed by atoms with Crippen LogP contribution in [-0.4, -0.2) is 22.4 Å². The Morgan fingerprint density at radius 1 is 1.16 bits per heavy atom. The topological polar surface area (TPSA) is 66.9 Å². The Bertz CT molecular complexity index is 748. The molecule has 1 amide bonds. The number of para-hydroxylation sites is 1. The molecule has 0 aliphatic carbocycles. The molecule has 0 saturated carbocycles. The van der Waals surface area contributed by atoms with Gasteiger partial charge >= 0.3 is 0 Å². The lowest BCUT2D eigenvalue weighted by molar-refractivity contribution is 0.0944. The van der Waals surface area contributed by atoms with Gasteiger partial charge in [0.05, 0.1) is 0 Å². The lowest BCUT2D eigenvalue weighted by Crippen LogP contribution is -2.28. The van der Waals surface area contributed by atoms with Gasteiger partial charge in [-0.05, 0) is 36.0 Å². The molecule has 25 heavy (non-hydrogen) atoms. The molecule has 2 aromatic rings. The molecule has 0 spiro atoms. The Hall–Kier alpha value is -2.43. The van der Waals surface area contributed by atoms with Crippen molar-refractivity contribution in [2.75, 3.05) is 11.9 Å². The third-order valence-electron chi connectivity index (χ3n) is 3.74. The SMILES string of the molecule is Cc1cc(C(=O)NCC(C)C)nc(Nc2ccccc2C(C)(C)C)n1. The lowest BCUT2D eigenvalue weighted by Gasteiger charge is -2.23. The second kappa shape index (κ2) is 7.64. The average molecular weight is 340 g/mol. The average Bonchev–Trinajstić information content (AvgIpc) is 2.51. The molecule has 0 aliphatic heterocycles. The number of hydrogen-bond acceptors (Lipinski definition) is 4. The molecule has 0 saturated heterocycles. The van der Waals surface area contributed by atoms with E-state index in [0.717, 1.165) is 11.4 Å². The highest BCUT2D eigenvalue weighted by Crippen LogP contribution is 2.30. The van der Waals surface area contributed by atoms with Crippen molar-refractivity contribution >= 4 is 17.5 Å². The van der Waals surface area contributed by atoms with Crippen molar-refractivity contribution in [2.45, 2.75) is 47.0 Å². The van der Waals surface area contributed by atoms with E-state index in [0.29, 0.717) is 24.1 Å². The lowest BCUT2D eigenvalue weighted by atomic mass is 9.86. The number of aryl methyl sites for hydroxylation is 1. The van der Waals surface area contributed by atoms with Crippen LogP contribution in [0.5, 0.6) is 0 Å². The molecule has 0 radical (unpaired) electrons. The van der Waals surface area contributed by atoms with Crippen LogP contribution in [0.15, 0.2) is 30.3 Å². The van der Waals surface area contributed by atoms with Crippen LogP contribution < -0.4 is 10.6 Å². The van der Waals surface area contributed by atoms with Crippen molar-refractivity contribution in [2.24, 2.45) is 5.92 Å². The predicted octanol–water partition coefficient (Wildman–Crippen LogP) is 4.21. The van der Waals surface area contributed by atoms with Gasteiger partial charge in [-0.25, -0.2) is 9.97 Å². The second-order valence-electron chi connectivity index (χ2n) is 7.74. The number of anilines is 2. The van der Waals surface area contributed by atoms with Gasteiger partial charge in [0.25, 0.3) is 5.91 Å². The normalized spacial score (nSPS) is 11.5. The molecule has 0 aliphatic rings. The van der Waals surface area contributed by atoms with Crippen LogP contribution in [-0.2, 0) is 5.41 Å². The Kier molecular flexibility index (Phi) is 5.77. The first-order valence-electron chi connectivity index (χ1n) is 8.67. The first-order chi connectivity index (χ1) is 11.7. The summed E-state index contributed by atoms with van der Waals surface area (Å²) in [5, 5.41) is 6.17. The molecule has 0 bridgehead atoms. The van der Waals surface area contributed by atoms with Crippen LogP contribution in [0.1, 0.15) is 56.4 Å². The molecule has 2 rings (SSSR count). The molecule has 1 aromatic heterocycles. The first kappa shape index (κ1) is 18.9. The Labute approximate surface area is 150 Å². The van der Waals surface area contributed by atoms with E-state index in [1.54, 1.807) is 6.07 Å². The molecule has 1 heterocycles. The van der Waals surface area contributed by atoms with Gasteiger partial charge in [0.15, 0.2) is 0 Å². The molecule has 2 N–H and O–H groups in total. The van der Waals surface area contributed by atoms with Crippen LogP contribution >= 0.6 is 0 Å². The zero-order chi connectivity index (χ0) is 18.6. The predicted molar refractivity (Wildman–Crippen MR) is 102 cm³/mol. The van der Waals surface area contributed by atoms with Gasteiger partial charge in [0, 0.05) is 17.9 Å². The van der Waals surface area contributed by atoms with E-state index in [2.05, 4.69) is 61.3 Å². The summed E-state index contributed by atoms with van der Waals surface area (Å²) in [4.78, 5) is 21.1. The van der Waals surface area contributed by atoms with Crippen molar-refractivity contribution in [3.63, 3.8) is 0 Å². The maximum atomic E-state index is 12.3. The minimum absolute atomic E-state index is 0.00904. The van der Waals surface area contributed by atoms with E-state index >= 15 is 0 Å². The number of carbonyl (C=O) groups is 1. The van der Waals surface area contributed by atoms with Crippen molar-refractivity contribution < 1.29 is 4.79 Å². The fraction of sp³-hybridized carbons (Fsp3) is 0.450. The van der Waals surface area contributed by atoms with Gasteiger partial charge in [-0.1, -0.05) is 52.8 Å². The molecule has 0 fully saturated rings. The third-order valence-corrected chi connectivity index (χ3v) is 3.74. The number of nitrogens with one attached hydrogen (secondary N) is 2. The summed E-state index contributed by atoms with van der Waals surface area (Å²) >= 11 is 0. The highest BCUT2D eigenvalue weighted by molar-refractivity contribution is 5.92. The number of benzene rings is 1. The van der Waals surface area contributed by atoms with Crippen LogP contribution in [0.4, 0.5) is 11.6 Å². The molecular weight excluding hydrogens is 312 g/mol. The zero-order valence-electron chi connectivity index (χ0n) is 16.0. The van der Waals surface area contributed by atoms with Crippen LogP contribution in [0.25, 0.3) is 0 Å². The molecule has 0 atom stereocenters.